The molecule has 2 aliphatic heterocycles. The molecule has 3 rings (SSSR count). The molecule has 2 fully saturated rings. The van der Waals surface area contributed by atoms with Crippen molar-refractivity contribution in [2.24, 2.45) is 16.7 Å². The molecule has 0 spiro atoms. The van der Waals surface area contributed by atoms with Crippen LogP contribution in [-0.2, 0) is 9.47 Å². The standard InChI is InChI=1S/C17H16N4O3/c1-3-4-12-15(2)23-13(11-5-6-22-7-11)16(8-18,9-19)17(12,10-20)14(21)24-15/h5-7,12-13,21H,3-4H2,1-2H3. The first-order chi connectivity index (χ1) is 11.5. The molecule has 0 amide bonds. The zero-order chi connectivity index (χ0) is 17.6. The topological polar surface area (TPSA) is 127 Å². The summed E-state index contributed by atoms with van der Waals surface area (Å²) in [7, 11) is 0. The van der Waals surface area contributed by atoms with Crippen molar-refractivity contribution in [2.45, 2.75) is 38.6 Å². The third kappa shape index (κ3) is 1.59. The molecule has 7 nitrogen and oxygen atoms in total. The highest BCUT2D eigenvalue weighted by atomic mass is 16.7. The summed E-state index contributed by atoms with van der Waals surface area (Å²) >= 11 is 0. The van der Waals surface area contributed by atoms with E-state index in [-0.39, 0.29) is 5.90 Å². The van der Waals surface area contributed by atoms with Crippen LogP contribution in [0.2, 0.25) is 0 Å². The van der Waals surface area contributed by atoms with Crippen LogP contribution >= 0.6 is 0 Å². The number of rotatable bonds is 3. The van der Waals surface area contributed by atoms with Gasteiger partial charge in [0.1, 0.15) is 6.10 Å². The molecule has 2 bridgehead atoms. The number of ether oxygens (including phenoxy) is 2. The van der Waals surface area contributed by atoms with Crippen molar-refractivity contribution < 1.29 is 13.9 Å². The van der Waals surface area contributed by atoms with E-state index in [1.165, 1.54) is 12.5 Å². The van der Waals surface area contributed by atoms with Crippen molar-refractivity contribution >= 4 is 5.90 Å². The molecule has 4 unspecified atom stereocenters. The fourth-order valence-corrected chi connectivity index (χ4v) is 4.04. The fourth-order valence-electron chi connectivity index (χ4n) is 4.04. The lowest BCUT2D eigenvalue weighted by Gasteiger charge is -2.48. The Kier molecular flexibility index (Phi) is 3.41. The van der Waals surface area contributed by atoms with Crippen LogP contribution in [0.4, 0.5) is 0 Å². The molecule has 7 heteroatoms. The molecule has 1 aromatic heterocycles. The first-order valence-electron chi connectivity index (χ1n) is 7.67. The maximum atomic E-state index is 10.0. The average molecular weight is 324 g/mol. The Morgan fingerprint density at radius 2 is 1.96 bits per heavy atom. The van der Waals surface area contributed by atoms with Gasteiger partial charge in [-0.25, -0.2) is 0 Å². The highest BCUT2D eigenvalue weighted by molar-refractivity contribution is 5.89. The third-order valence-electron chi connectivity index (χ3n) is 5.14. The molecule has 1 aromatic rings. The van der Waals surface area contributed by atoms with E-state index >= 15 is 0 Å². The Labute approximate surface area is 139 Å². The van der Waals surface area contributed by atoms with Gasteiger partial charge in [-0.15, -0.1) is 0 Å². The number of nitriles is 3. The van der Waals surface area contributed by atoms with Crippen LogP contribution in [0.25, 0.3) is 0 Å². The van der Waals surface area contributed by atoms with Crippen molar-refractivity contribution in [3.63, 3.8) is 0 Å². The number of nitrogens with one attached hydrogen (secondary N) is 1. The van der Waals surface area contributed by atoms with Gasteiger partial charge in [0.15, 0.2) is 5.41 Å². The van der Waals surface area contributed by atoms with E-state index in [2.05, 4.69) is 6.07 Å². The summed E-state index contributed by atoms with van der Waals surface area (Å²) in [4.78, 5) is 0. The van der Waals surface area contributed by atoms with Gasteiger partial charge in [-0.3, -0.25) is 5.41 Å². The molecule has 2 aliphatic rings. The summed E-state index contributed by atoms with van der Waals surface area (Å²) < 4.78 is 16.7. The van der Waals surface area contributed by atoms with E-state index in [4.69, 9.17) is 19.3 Å². The van der Waals surface area contributed by atoms with Crippen LogP contribution in [-0.4, -0.2) is 11.7 Å². The Bertz CT molecular complexity index is 783. The van der Waals surface area contributed by atoms with Crippen LogP contribution in [0.15, 0.2) is 23.0 Å². The number of fused-ring (bicyclic) bond motifs is 2. The Hall–Kier alpha value is -2.82. The Morgan fingerprint density at radius 3 is 2.46 bits per heavy atom. The van der Waals surface area contributed by atoms with Crippen molar-refractivity contribution in [3.05, 3.63) is 24.2 Å². The predicted molar refractivity (Wildman–Crippen MR) is 79.9 cm³/mol. The summed E-state index contributed by atoms with van der Waals surface area (Å²) in [6, 6.07) is 7.67. The van der Waals surface area contributed by atoms with Gasteiger partial charge in [0.05, 0.1) is 36.7 Å². The second kappa shape index (κ2) is 5.09. The summed E-state index contributed by atoms with van der Waals surface area (Å²) in [5, 5.41) is 38.2. The van der Waals surface area contributed by atoms with Crippen molar-refractivity contribution in [3.8, 4) is 18.2 Å². The first kappa shape index (κ1) is 16.1. The molecule has 4 atom stereocenters. The van der Waals surface area contributed by atoms with Crippen LogP contribution in [0.5, 0.6) is 0 Å². The molecule has 0 aliphatic carbocycles. The second-order valence-corrected chi connectivity index (χ2v) is 6.29. The monoisotopic (exact) mass is 324 g/mol. The van der Waals surface area contributed by atoms with Gasteiger partial charge in [0.25, 0.3) is 0 Å². The molecular formula is C17H16N4O3. The fraction of sp³-hybridized carbons (Fsp3) is 0.529. The highest BCUT2D eigenvalue weighted by Crippen LogP contribution is 2.67. The number of nitrogens with zero attached hydrogens (tertiary/aromatic N) is 3. The minimum absolute atomic E-state index is 0.375. The SMILES string of the molecule is CCCC1C2(C)OC(=N)C1(C#N)C(C#N)(C#N)C(c1ccoc1)O2. The van der Waals surface area contributed by atoms with Gasteiger partial charge in [0, 0.05) is 12.5 Å². The van der Waals surface area contributed by atoms with Gasteiger partial charge < -0.3 is 13.9 Å². The van der Waals surface area contributed by atoms with Gasteiger partial charge in [0.2, 0.25) is 17.1 Å². The van der Waals surface area contributed by atoms with E-state index in [9.17, 15) is 15.8 Å². The van der Waals surface area contributed by atoms with E-state index < -0.39 is 28.6 Å². The summed E-state index contributed by atoms with van der Waals surface area (Å²) in [6.45, 7) is 3.59. The molecule has 0 saturated carbocycles. The zero-order valence-corrected chi connectivity index (χ0v) is 13.4. The lowest BCUT2D eigenvalue weighted by Crippen LogP contribution is -2.58. The lowest BCUT2D eigenvalue weighted by molar-refractivity contribution is -0.274. The van der Waals surface area contributed by atoms with Crippen molar-refractivity contribution in [1.82, 2.24) is 0 Å². The van der Waals surface area contributed by atoms with Gasteiger partial charge >= 0.3 is 0 Å². The van der Waals surface area contributed by atoms with Gasteiger partial charge in [-0.05, 0) is 12.5 Å². The largest absolute Gasteiger partial charge is 0.472 e. The third-order valence-corrected chi connectivity index (χ3v) is 5.14. The molecule has 1 N–H and O–H groups in total. The van der Waals surface area contributed by atoms with Crippen LogP contribution in [0.3, 0.4) is 0 Å². The number of furan rings is 1. The Balaban J connectivity index is 2.32. The second-order valence-electron chi connectivity index (χ2n) is 6.29. The van der Waals surface area contributed by atoms with Gasteiger partial charge in [-0.2, -0.15) is 15.8 Å². The molecule has 2 saturated heterocycles. The molecule has 24 heavy (non-hydrogen) atoms. The maximum Gasteiger partial charge on any atom is 0.214 e. The van der Waals surface area contributed by atoms with E-state index in [0.29, 0.717) is 18.4 Å². The average Bonchev–Trinajstić information content (AvgIpc) is 3.15. The summed E-state index contributed by atoms with van der Waals surface area (Å²) in [5.41, 5.74) is -3.13. The molecule has 0 aromatic carbocycles. The minimum Gasteiger partial charge on any atom is -0.472 e. The van der Waals surface area contributed by atoms with Crippen LogP contribution < -0.4 is 0 Å². The zero-order valence-electron chi connectivity index (χ0n) is 13.4. The van der Waals surface area contributed by atoms with E-state index in [1.54, 1.807) is 13.0 Å². The minimum atomic E-state index is -1.90. The predicted octanol–water partition coefficient (Wildman–Crippen LogP) is 3.03. The molecular weight excluding hydrogens is 308 g/mol. The van der Waals surface area contributed by atoms with Crippen LogP contribution in [0.1, 0.15) is 38.4 Å². The highest BCUT2D eigenvalue weighted by Gasteiger charge is 2.79. The molecule has 3 heterocycles. The first-order valence-corrected chi connectivity index (χ1v) is 7.67. The number of hydrogen-bond acceptors (Lipinski definition) is 7. The van der Waals surface area contributed by atoms with E-state index in [0.717, 1.165) is 0 Å². The summed E-state index contributed by atoms with van der Waals surface area (Å²) in [6.07, 6.45) is 2.94. The number of hydrogen-bond donors (Lipinski definition) is 1. The Morgan fingerprint density at radius 1 is 1.25 bits per heavy atom. The normalized spacial score (nSPS) is 36.2. The lowest BCUT2D eigenvalue weighted by atomic mass is 9.53. The molecule has 0 radical (unpaired) electrons. The van der Waals surface area contributed by atoms with Crippen molar-refractivity contribution in [1.29, 1.82) is 21.2 Å². The molecule has 122 valence electrons. The van der Waals surface area contributed by atoms with Crippen molar-refractivity contribution in [2.75, 3.05) is 0 Å². The smallest absolute Gasteiger partial charge is 0.214 e. The summed E-state index contributed by atoms with van der Waals surface area (Å²) in [5.74, 6) is -2.21. The quantitative estimate of drug-likeness (QED) is 0.910. The van der Waals surface area contributed by atoms with Gasteiger partial charge in [-0.1, -0.05) is 13.3 Å². The van der Waals surface area contributed by atoms with Crippen LogP contribution in [0, 0.1) is 56.2 Å². The van der Waals surface area contributed by atoms with E-state index in [1.807, 2.05) is 19.1 Å². The maximum absolute atomic E-state index is 10.0.